The van der Waals surface area contributed by atoms with E-state index in [0.29, 0.717) is 12.8 Å². The van der Waals surface area contributed by atoms with E-state index >= 15 is 0 Å². The van der Waals surface area contributed by atoms with Crippen LogP contribution in [0.25, 0.3) is 0 Å². The summed E-state index contributed by atoms with van der Waals surface area (Å²) in [6.07, 6.45) is 5.12. The standard InChI is InChI=1S/C16H22O4/c1-10-5-6-11(2)13-9-16(14(17)19-3,15(18)20-4)8-12(13)7-10/h7,12H,5-6,8-9H2,1-4H3. The second-order valence-corrected chi connectivity index (χ2v) is 5.87. The Labute approximate surface area is 119 Å². The van der Waals surface area contributed by atoms with Crippen LogP contribution in [0.2, 0.25) is 0 Å². The number of methoxy groups -OCH3 is 2. The number of ether oxygens (including phenoxy) is 2. The Morgan fingerprint density at radius 3 is 2.30 bits per heavy atom. The second-order valence-electron chi connectivity index (χ2n) is 5.87. The van der Waals surface area contributed by atoms with Crippen molar-refractivity contribution in [3.63, 3.8) is 0 Å². The Morgan fingerprint density at radius 1 is 1.15 bits per heavy atom. The molecule has 0 amide bonds. The van der Waals surface area contributed by atoms with E-state index < -0.39 is 17.4 Å². The molecule has 2 rings (SSSR count). The van der Waals surface area contributed by atoms with Gasteiger partial charge in [-0.25, -0.2) is 0 Å². The zero-order valence-corrected chi connectivity index (χ0v) is 12.6. The summed E-state index contributed by atoms with van der Waals surface area (Å²) < 4.78 is 9.75. The summed E-state index contributed by atoms with van der Waals surface area (Å²) in [5.41, 5.74) is 2.64. The lowest BCUT2D eigenvalue weighted by Crippen LogP contribution is -2.39. The number of carbonyl (C=O) groups excluding carboxylic acids is 2. The molecule has 4 nitrogen and oxygen atoms in total. The van der Waals surface area contributed by atoms with Crippen LogP contribution in [-0.4, -0.2) is 26.2 Å². The van der Waals surface area contributed by atoms with Gasteiger partial charge in [-0.05, 0) is 45.4 Å². The number of esters is 2. The molecule has 4 heteroatoms. The molecule has 0 heterocycles. The average molecular weight is 278 g/mol. The molecular formula is C16H22O4. The maximum atomic E-state index is 12.2. The van der Waals surface area contributed by atoms with E-state index in [0.717, 1.165) is 12.8 Å². The van der Waals surface area contributed by atoms with Gasteiger partial charge in [0, 0.05) is 0 Å². The summed E-state index contributed by atoms with van der Waals surface area (Å²) in [5.74, 6) is -0.816. The molecule has 0 bridgehead atoms. The molecule has 1 saturated carbocycles. The van der Waals surface area contributed by atoms with E-state index in [1.807, 2.05) is 0 Å². The van der Waals surface area contributed by atoms with Crippen molar-refractivity contribution in [3.05, 3.63) is 22.8 Å². The summed E-state index contributed by atoms with van der Waals surface area (Å²) in [5, 5.41) is 0. The molecule has 110 valence electrons. The Morgan fingerprint density at radius 2 is 1.75 bits per heavy atom. The quantitative estimate of drug-likeness (QED) is 0.443. The molecule has 0 aromatic rings. The SMILES string of the molecule is COC(=O)C1(C(=O)OC)CC2=C(C)CCC(C)=CC2C1. The van der Waals surface area contributed by atoms with Crippen LogP contribution in [0.3, 0.4) is 0 Å². The summed E-state index contributed by atoms with van der Waals surface area (Å²) in [4.78, 5) is 24.4. The molecule has 0 saturated heterocycles. The fourth-order valence-corrected chi connectivity index (χ4v) is 3.41. The molecule has 0 spiro atoms. The predicted molar refractivity (Wildman–Crippen MR) is 74.9 cm³/mol. The first-order valence-corrected chi connectivity index (χ1v) is 6.97. The molecule has 2 aliphatic rings. The van der Waals surface area contributed by atoms with Gasteiger partial charge in [0.05, 0.1) is 14.2 Å². The molecule has 1 fully saturated rings. The fraction of sp³-hybridized carbons (Fsp3) is 0.625. The molecule has 0 aliphatic heterocycles. The Bertz CT molecular complexity index is 483. The average Bonchev–Trinajstić information content (AvgIpc) is 2.78. The van der Waals surface area contributed by atoms with Crippen LogP contribution in [0.5, 0.6) is 0 Å². The summed E-state index contributed by atoms with van der Waals surface area (Å²) in [6, 6.07) is 0. The zero-order valence-electron chi connectivity index (χ0n) is 12.6. The lowest BCUT2D eigenvalue weighted by molar-refractivity contribution is -0.168. The van der Waals surface area contributed by atoms with Gasteiger partial charge in [-0.15, -0.1) is 0 Å². The molecule has 1 unspecified atom stereocenters. The molecule has 20 heavy (non-hydrogen) atoms. The molecule has 0 aromatic carbocycles. The maximum absolute atomic E-state index is 12.2. The molecule has 0 N–H and O–H groups in total. The first-order valence-electron chi connectivity index (χ1n) is 6.97. The fourth-order valence-electron chi connectivity index (χ4n) is 3.41. The van der Waals surface area contributed by atoms with E-state index in [1.165, 1.54) is 30.9 Å². The lowest BCUT2D eigenvalue weighted by Gasteiger charge is -2.22. The van der Waals surface area contributed by atoms with Gasteiger partial charge < -0.3 is 9.47 Å². The van der Waals surface area contributed by atoms with Crippen molar-refractivity contribution < 1.29 is 19.1 Å². The number of rotatable bonds is 2. The lowest BCUT2D eigenvalue weighted by atomic mass is 9.84. The number of fused-ring (bicyclic) bond motifs is 1. The van der Waals surface area contributed by atoms with Crippen LogP contribution in [0.15, 0.2) is 22.8 Å². The number of allylic oxidation sites excluding steroid dienone is 4. The van der Waals surface area contributed by atoms with Gasteiger partial charge in [-0.3, -0.25) is 9.59 Å². The van der Waals surface area contributed by atoms with Gasteiger partial charge in [0.15, 0.2) is 5.41 Å². The van der Waals surface area contributed by atoms with Crippen LogP contribution < -0.4 is 0 Å². The number of hydrogen-bond acceptors (Lipinski definition) is 4. The van der Waals surface area contributed by atoms with Gasteiger partial charge in [-0.1, -0.05) is 22.8 Å². The van der Waals surface area contributed by atoms with Crippen LogP contribution in [0.1, 0.15) is 39.5 Å². The molecule has 0 aromatic heterocycles. The monoisotopic (exact) mass is 278 g/mol. The van der Waals surface area contributed by atoms with Crippen molar-refractivity contribution in [1.82, 2.24) is 0 Å². The van der Waals surface area contributed by atoms with E-state index in [9.17, 15) is 9.59 Å². The second kappa shape index (κ2) is 5.43. The smallest absolute Gasteiger partial charge is 0.323 e. The highest BCUT2D eigenvalue weighted by molar-refractivity contribution is 6.01. The molecule has 0 radical (unpaired) electrons. The Balaban J connectivity index is 2.45. The number of hydrogen-bond donors (Lipinski definition) is 0. The minimum atomic E-state index is -1.17. The first-order chi connectivity index (χ1) is 9.44. The highest BCUT2D eigenvalue weighted by Gasteiger charge is 2.55. The van der Waals surface area contributed by atoms with E-state index in [4.69, 9.17) is 9.47 Å². The summed E-state index contributed by atoms with van der Waals surface area (Å²) in [7, 11) is 2.65. The summed E-state index contributed by atoms with van der Waals surface area (Å²) >= 11 is 0. The third-order valence-corrected chi connectivity index (χ3v) is 4.59. The largest absolute Gasteiger partial charge is 0.468 e. The van der Waals surface area contributed by atoms with Crippen molar-refractivity contribution in [2.24, 2.45) is 11.3 Å². The molecule has 1 atom stereocenters. The van der Waals surface area contributed by atoms with Crippen LogP contribution in [0.4, 0.5) is 0 Å². The summed E-state index contributed by atoms with van der Waals surface area (Å²) in [6.45, 7) is 4.20. The van der Waals surface area contributed by atoms with E-state index in [1.54, 1.807) is 0 Å². The van der Waals surface area contributed by atoms with Gasteiger partial charge >= 0.3 is 11.9 Å². The highest BCUT2D eigenvalue weighted by atomic mass is 16.5. The van der Waals surface area contributed by atoms with E-state index in [2.05, 4.69) is 19.9 Å². The van der Waals surface area contributed by atoms with E-state index in [-0.39, 0.29) is 5.92 Å². The minimum Gasteiger partial charge on any atom is -0.468 e. The third-order valence-electron chi connectivity index (χ3n) is 4.59. The van der Waals surface area contributed by atoms with Crippen molar-refractivity contribution >= 4 is 11.9 Å². The van der Waals surface area contributed by atoms with Gasteiger partial charge in [0.2, 0.25) is 0 Å². The van der Waals surface area contributed by atoms with Gasteiger partial charge in [-0.2, -0.15) is 0 Å². The molecular weight excluding hydrogens is 256 g/mol. The highest BCUT2D eigenvalue weighted by Crippen LogP contribution is 2.50. The Kier molecular flexibility index (Phi) is 4.02. The predicted octanol–water partition coefficient (Wildman–Crippen LogP) is 2.79. The van der Waals surface area contributed by atoms with Crippen molar-refractivity contribution in [1.29, 1.82) is 0 Å². The van der Waals surface area contributed by atoms with Crippen LogP contribution >= 0.6 is 0 Å². The van der Waals surface area contributed by atoms with Crippen molar-refractivity contribution in [3.8, 4) is 0 Å². The number of carbonyl (C=O) groups is 2. The van der Waals surface area contributed by atoms with Crippen molar-refractivity contribution in [2.45, 2.75) is 39.5 Å². The minimum absolute atomic E-state index is 0.149. The van der Waals surface area contributed by atoms with Crippen LogP contribution in [0, 0.1) is 11.3 Å². The topological polar surface area (TPSA) is 52.6 Å². The molecule has 2 aliphatic carbocycles. The maximum Gasteiger partial charge on any atom is 0.323 e. The normalized spacial score (nSPS) is 24.6. The zero-order chi connectivity index (χ0) is 14.9. The Hall–Kier alpha value is -1.58. The van der Waals surface area contributed by atoms with Crippen LogP contribution in [-0.2, 0) is 19.1 Å². The first kappa shape index (κ1) is 14.8. The van der Waals surface area contributed by atoms with Crippen molar-refractivity contribution in [2.75, 3.05) is 14.2 Å². The van der Waals surface area contributed by atoms with Gasteiger partial charge in [0.1, 0.15) is 0 Å². The van der Waals surface area contributed by atoms with Gasteiger partial charge in [0.25, 0.3) is 0 Å². The third kappa shape index (κ3) is 2.28.